The van der Waals surface area contributed by atoms with Crippen LogP contribution in [0.4, 0.5) is 0 Å². The molecule has 1 aromatic rings. The van der Waals surface area contributed by atoms with Crippen LogP contribution in [0.5, 0.6) is 0 Å². The van der Waals surface area contributed by atoms with Crippen LogP contribution in [0.2, 0.25) is 0 Å². The lowest BCUT2D eigenvalue weighted by atomic mass is 10.0. The van der Waals surface area contributed by atoms with Crippen LogP contribution in [0.1, 0.15) is 18.2 Å². The molecule has 0 amide bonds. The Morgan fingerprint density at radius 2 is 2.50 bits per heavy atom. The molecule has 0 aromatic carbocycles. The normalized spacial score (nSPS) is 24.5. The van der Waals surface area contributed by atoms with Gasteiger partial charge in [0.15, 0.2) is 0 Å². The molecule has 0 bridgehead atoms. The molecule has 1 saturated heterocycles. The number of rotatable bonds is 6. The summed E-state index contributed by atoms with van der Waals surface area (Å²) < 4.78 is 0. The highest BCUT2D eigenvalue weighted by Gasteiger charge is 2.33. The van der Waals surface area contributed by atoms with Gasteiger partial charge in [0, 0.05) is 30.1 Å². The Kier molecular flexibility index (Phi) is 4.37. The van der Waals surface area contributed by atoms with Gasteiger partial charge in [-0.2, -0.15) is 0 Å². The molecular formula is C13H20N2O2S. The molecule has 0 spiro atoms. The SMILES string of the molecule is CC1(NCC(=O)O)CCN(CCc2cccs2)C1. The zero-order valence-corrected chi connectivity index (χ0v) is 11.5. The van der Waals surface area contributed by atoms with Crippen molar-refractivity contribution in [2.45, 2.75) is 25.3 Å². The molecule has 0 radical (unpaired) electrons. The lowest BCUT2D eigenvalue weighted by Gasteiger charge is -2.25. The number of aliphatic carboxylic acids is 1. The van der Waals surface area contributed by atoms with Crippen LogP contribution in [0.15, 0.2) is 17.5 Å². The first-order valence-corrected chi connectivity index (χ1v) is 7.17. The Labute approximate surface area is 112 Å². The third kappa shape index (κ3) is 3.80. The maximum absolute atomic E-state index is 10.6. The molecule has 5 heteroatoms. The molecule has 0 aliphatic carbocycles. The molecule has 0 saturated carbocycles. The molecule has 2 rings (SSSR count). The van der Waals surface area contributed by atoms with E-state index >= 15 is 0 Å². The highest BCUT2D eigenvalue weighted by atomic mass is 32.1. The number of carboxylic acid groups (broad SMARTS) is 1. The summed E-state index contributed by atoms with van der Waals surface area (Å²) in [6.45, 7) is 5.21. The van der Waals surface area contributed by atoms with E-state index in [2.05, 4.69) is 34.7 Å². The largest absolute Gasteiger partial charge is 0.480 e. The van der Waals surface area contributed by atoms with Gasteiger partial charge < -0.3 is 15.3 Å². The molecule has 1 aliphatic heterocycles. The van der Waals surface area contributed by atoms with Crippen LogP contribution < -0.4 is 5.32 Å². The Balaban J connectivity index is 1.75. The van der Waals surface area contributed by atoms with E-state index in [9.17, 15) is 4.79 Å². The predicted molar refractivity (Wildman–Crippen MR) is 73.1 cm³/mol. The maximum atomic E-state index is 10.6. The second-order valence-electron chi connectivity index (χ2n) is 5.16. The average molecular weight is 268 g/mol. The fourth-order valence-corrected chi connectivity index (χ4v) is 3.10. The Morgan fingerprint density at radius 3 is 3.17 bits per heavy atom. The van der Waals surface area contributed by atoms with Crippen LogP contribution in [-0.2, 0) is 11.2 Å². The van der Waals surface area contributed by atoms with E-state index < -0.39 is 5.97 Å². The van der Waals surface area contributed by atoms with Gasteiger partial charge in [-0.1, -0.05) is 6.07 Å². The van der Waals surface area contributed by atoms with Crippen molar-refractivity contribution in [3.8, 4) is 0 Å². The third-order valence-corrected chi connectivity index (χ3v) is 4.41. The summed E-state index contributed by atoms with van der Waals surface area (Å²) in [7, 11) is 0. The molecular weight excluding hydrogens is 248 g/mol. The first-order valence-electron chi connectivity index (χ1n) is 6.29. The molecule has 18 heavy (non-hydrogen) atoms. The summed E-state index contributed by atoms with van der Waals surface area (Å²) in [5, 5.41) is 14.0. The van der Waals surface area contributed by atoms with Crippen LogP contribution in [-0.4, -0.2) is 47.7 Å². The van der Waals surface area contributed by atoms with E-state index in [0.29, 0.717) is 0 Å². The fourth-order valence-electron chi connectivity index (χ4n) is 2.40. The minimum atomic E-state index is -0.784. The zero-order valence-electron chi connectivity index (χ0n) is 10.7. The van der Waals surface area contributed by atoms with Gasteiger partial charge in [-0.05, 0) is 31.2 Å². The predicted octanol–water partition coefficient (Wildman–Crippen LogP) is 1.43. The molecule has 1 aromatic heterocycles. The van der Waals surface area contributed by atoms with Gasteiger partial charge in [-0.15, -0.1) is 11.3 Å². The number of nitrogens with one attached hydrogen (secondary N) is 1. The molecule has 1 atom stereocenters. The fraction of sp³-hybridized carbons (Fsp3) is 0.615. The molecule has 2 N–H and O–H groups in total. The quantitative estimate of drug-likeness (QED) is 0.819. The minimum absolute atomic E-state index is 0.0478. The molecule has 2 heterocycles. The summed E-state index contributed by atoms with van der Waals surface area (Å²) in [5.41, 5.74) is -0.0478. The van der Waals surface area contributed by atoms with Gasteiger partial charge in [0.05, 0.1) is 6.54 Å². The van der Waals surface area contributed by atoms with Crippen LogP contribution >= 0.6 is 11.3 Å². The summed E-state index contributed by atoms with van der Waals surface area (Å²) in [5.74, 6) is -0.784. The lowest BCUT2D eigenvalue weighted by Crippen LogP contribution is -2.47. The van der Waals surface area contributed by atoms with Gasteiger partial charge in [0.2, 0.25) is 0 Å². The summed E-state index contributed by atoms with van der Waals surface area (Å²) in [4.78, 5) is 14.4. The van der Waals surface area contributed by atoms with E-state index in [1.165, 1.54) is 4.88 Å². The molecule has 1 aliphatic rings. The third-order valence-electron chi connectivity index (χ3n) is 3.47. The van der Waals surface area contributed by atoms with Crippen molar-refractivity contribution >= 4 is 17.3 Å². The standard InChI is InChI=1S/C13H20N2O2S/c1-13(14-9-12(16)17)5-7-15(10-13)6-4-11-3-2-8-18-11/h2-3,8,14H,4-7,9-10H2,1H3,(H,16,17). The van der Waals surface area contributed by atoms with E-state index in [0.717, 1.165) is 32.5 Å². The van der Waals surface area contributed by atoms with Gasteiger partial charge in [0.1, 0.15) is 0 Å². The summed E-state index contributed by atoms with van der Waals surface area (Å²) in [6.07, 6.45) is 2.11. The van der Waals surface area contributed by atoms with Gasteiger partial charge in [-0.25, -0.2) is 0 Å². The van der Waals surface area contributed by atoms with Crippen LogP contribution in [0.25, 0.3) is 0 Å². The summed E-state index contributed by atoms with van der Waals surface area (Å²) >= 11 is 1.80. The highest BCUT2D eigenvalue weighted by Crippen LogP contribution is 2.21. The number of likely N-dealkylation sites (tertiary alicyclic amines) is 1. The molecule has 100 valence electrons. The van der Waals surface area contributed by atoms with Crippen LogP contribution in [0, 0.1) is 0 Å². The highest BCUT2D eigenvalue weighted by molar-refractivity contribution is 7.09. The number of hydrogen-bond donors (Lipinski definition) is 2. The molecule has 1 unspecified atom stereocenters. The van der Waals surface area contributed by atoms with E-state index in [1.54, 1.807) is 11.3 Å². The van der Waals surface area contributed by atoms with Crippen molar-refractivity contribution in [3.63, 3.8) is 0 Å². The lowest BCUT2D eigenvalue weighted by molar-refractivity contribution is -0.136. The Hall–Kier alpha value is -0.910. The minimum Gasteiger partial charge on any atom is -0.480 e. The van der Waals surface area contributed by atoms with E-state index in [-0.39, 0.29) is 12.1 Å². The first kappa shape index (κ1) is 13.5. The Morgan fingerprint density at radius 1 is 1.67 bits per heavy atom. The zero-order chi connectivity index (χ0) is 13.0. The van der Waals surface area contributed by atoms with Gasteiger partial charge >= 0.3 is 5.97 Å². The number of carbonyl (C=O) groups is 1. The Bertz CT molecular complexity index is 394. The van der Waals surface area contributed by atoms with Crippen molar-refractivity contribution in [2.75, 3.05) is 26.2 Å². The number of thiophene rings is 1. The topological polar surface area (TPSA) is 52.6 Å². The van der Waals surface area contributed by atoms with Gasteiger partial charge in [-0.3, -0.25) is 4.79 Å². The number of carboxylic acids is 1. The van der Waals surface area contributed by atoms with E-state index in [4.69, 9.17) is 5.11 Å². The molecule has 4 nitrogen and oxygen atoms in total. The van der Waals surface area contributed by atoms with Crippen molar-refractivity contribution in [1.29, 1.82) is 0 Å². The van der Waals surface area contributed by atoms with Crippen molar-refractivity contribution in [2.24, 2.45) is 0 Å². The van der Waals surface area contributed by atoms with Crippen molar-refractivity contribution < 1.29 is 9.90 Å². The number of hydrogen-bond acceptors (Lipinski definition) is 4. The van der Waals surface area contributed by atoms with Crippen LogP contribution in [0.3, 0.4) is 0 Å². The van der Waals surface area contributed by atoms with Gasteiger partial charge in [0.25, 0.3) is 0 Å². The summed E-state index contributed by atoms with van der Waals surface area (Å²) in [6, 6.07) is 4.26. The maximum Gasteiger partial charge on any atom is 0.317 e. The second-order valence-corrected chi connectivity index (χ2v) is 6.20. The first-order chi connectivity index (χ1) is 8.57. The monoisotopic (exact) mass is 268 g/mol. The number of nitrogens with zero attached hydrogens (tertiary/aromatic N) is 1. The van der Waals surface area contributed by atoms with Crippen molar-refractivity contribution in [3.05, 3.63) is 22.4 Å². The average Bonchev–Trinajstić information content (AvgIpc) is 2.94. The molecule has 1 fully saturated rings. The second kappa shape index (κ2) is 5.82. The smallest absolute Gasteiger partial charge is 0.317 e. The van der Waals surface area contributed by atoms with Crippen molar-refractivity contribution in [1.82, 2.24) is 10.2 Å². The van der Waals surface area contributed by atoms with E-state index in [1.807, 2.05) is 0 Å².